The summed E-state index contributed by atoms with van der Waals surface area (Å²) in [5, 5.41) is 3.20. The summed E-state index contributed by atoms with van der Waals surface area (Å²) in [6, 6.07) is 5.28. The van der Waals surface area contributed by atoms with Crippen LogP contribution in [0.4, 0.5) is 4.39 Å². The van der Waals surface area contributed by atoms with Crippen molar-refractivity contribution < 1.29 is 8.81 Å². The Morgan fingerprint density at radius 2 is 2.31 bits per heavy atom. The van der Waals surface area contributed by atoms with E-state index in [-0.39, 0.29) is 5.82 Å². The summed E-state index contributed by atoms with van der Waals surface area (Å²) in [4.78, 5) is 3.78. The first-order valence-electron chi connectivity index (χ1n) is 5.17. The van der Waals surface area contributed by atoms with Crippen molar-refractivity contribution in [2.45, 2.75) is 13.0 Å². The van der Waals surface area contributed by atoms with Gasteiger partial charge >= 0.3 is 0 Å². The van der Waals surface area contributed by atoms with Crippen LogP contribution < -0.4 is 5.32 Å². The molecule has 0 amide bonds. The molecule has 0 spiro atoms. The van der Waals surface area contributed by atoms with Gasteiger partial charge in [0.1, 0.15) is 11.6 Å². The van der Waals surface area contributed by atoms with Crippen LogP contribution >= 0.6 is 0 Å². The second kappa shape index (κ2) is 5.42. The molecule has 2 heterocycles. The quantitative estimate of drug-likeness (QED) is 0.784. The molecule has 2 rings (SSSR count). The van der Waals surface area contributed by atoms with E-state index in [0.29, 0.717) is 6.54 Å². The van der Waals surface area contributed by atoms with E-state index in [9.17, 15) is 4.39 Å². The summed E-state index contributed by atoms with van der Waals surface area (Å²) in [7, 11) is 0. The third-order valence-corrected chi connectivity index (χ3v) is 2.22. The zero-order valence-electron chi connectivity index (χ0n) is 8.82. The molecule has 3 nitrogen and oxygen atoms in total. The molecule has 2 aromatic heterocycles. The first kappa shape index (κ1) is 10.8. The number of nitrogens with zero attached hydrogens (tertiary/aromatic N) is 1. The van der Waals surface area contributed by atoms with E-state index >= 15 is 0 Å². The van der Waals surface area contributed by atoms with Crippen molar-refractivity contribution in [3.05, 3.63) is 54.0 Å². The first-order chi connectivity index (χ1) is 7.84. The van der Waals surface area contributed by atoms with Crippen molar-refractivity contribution in [3.8, 4) is 0 Å². The Morgan fingerprint density at radius 3 is 3.06 bits per heavy atom. The van der Waals surface area contributed by atoms with E-state index < -0.39 is 0 Å². The Hall–Kier alpha value is -1.68. The van der Waals surface area contributed by atoms with Gasteiger partial charge in [-0.3, -0.25) is 4.98 Å². The molecule has 0 bridgehead atoms. The number of nitrogens with one attached hydrogen (secondary N) is 1. The second-order valence-electron chi connectivity index (χ2n) is 3.52. The van der Waals surface area contributed by atoms with Gasteiger partial charge in [0.25, 0.3) is 0 Å². The summed E-state index contributed by atoms with van der Waals surface area (Å²) in [6.07, 6.45) is 5.34. The van der Waals surface area contributed by atoms with Crippen molar-refractivity contribution in [2.75, 3.05) is 6.54 Å². The third kappa shape index (κ3) is 3.17. The Kier molecular flexibility index (Phi) is 3.66. The zero-order chi connectivity index (χ0) is 11.2. The van der Waals surface area contributed by atoms with Gasteiger partial charge in [0.15, 0.2) is 0 Å². The lowest BCUT2D eigenvalue weighted by atomic mass is 10.2. The Balaban J connectivity index is 1.72. The van der Waals surface area contributed by atoms with Gasteiger partial charge < -0.3 is 9.73 Å². The molecule has 1 N–H and O–H groups in total. The minimum absolute atomic E-state index is 0.301. The molecule has 0 saturated carbocycles. The lowest BCUT2D eigenvalue weighted by Gasteiger charge is -2.03. The molecule has 16 heavy (non-hydrogen) atoms. The Morgan fingerprint density at radius 1 is 1.38 bits per heavy atom. The van der Waals surface area contributed by atoms with Crippen LogP contribution in [0.25, 0.3) is 0 Å². The maximum absolute atomic E-state index is 12.8. The van der Waals surface area contributed by atoms with E-state index in [2.05, 4.69) is 10.3 Å². The molecule has 0 atom stereocenters. The maximum Gasteiger partial charge on any atom is 0.141 e. The van der Waals surface area contributed by atoms with Gasteiger partial charge in [-0.2, -0.15) is 0 Å². The van der Waals surface area contributed by atoms with Crippen LogP contribution in [0.15, 0.2) is 41.3 Å². The van der Waals surface area contributed by atoms with E-state index in [4.69, 9.17) is 4.42 Å². The van der Waals surface area contributed by atoms with E-state index in [1.807, 2.05) is 12.1 Å². The molecule has 0 radical (unpaired) electrons. The molecule has 84 valence electrons. The molecule has 0 saturated heterocycles. The van der Waals surface area contributed by atoms with Gasteiger partial charge in [-0.25, -0.2) is 4.39 Å². The highest BCUT2D eigenvalue weighted by molar-refractivity contribution is 5.09. The van der Waals surface area contributed by atoms with Crippen LogP contribution in [0.1, 0.15) is 11.3 Å². The van der Waals surface area contributed by atoms with Crippen molar-refractivity contribution in [1.82, 2.24) is 10.3 Å². The van der Waals surface area contributed by atoms with Gasteiger partial charge in [-0.15, -0.1) is 0 Å². The fraction of sp³-hybridized carbons (Fsp3) is 0.250. The molecule has 0 aliphatic heterocycles. The number of halogens is 1. The van der Waals surface area contributed by atoms with Gasteiger partial charge in [0, 0.05) is 25.7 Å². The topological polar surface area (TPSA) is 38.1 Å². The maximum atomic E-state index is 12.8. The molecule has 0 unspecified atom stereocenters. The van der Waals surface area contributed by atoms with Crippen LogP contribution in [-0.4, -0.2) is 11.5 Å². The van der Waals surface area contributed by atoms with Gasteiger partial charge in [0.2, 0.25) is 0 Å². The van der Waals surface area contributed by atoms with Crippen LogP contribution in [0.5, 0.6) is 0 Å². The van der Waals surface area contributed by atoms with E-state index in [1.165, 1.54) is 12.3 Å². The zero-order valence-corrected chi connectivity index (χ0v) is 8.82. The minimum atomic E-state index is -0.301. The number of hydrogen-bond acceptors (Lipinski definition) is 3. The minimum Gasteiger partial charge on any atom is -0.469 e. The molecular weight excluding hydrogens is 207 g/mol. The highest BCUT2D eigenvalue weighted by Crippen LogP contribution is 2.01. The standard InChI is InChI=1S/C12H13FN2O/c13-11-6-10(8-15-9-11)7-14-4-3-12-2-1-5-16-12/h1-2,5-6,8-9,14H,3-4,7H2. The summed E-state index contributed by atoms with van der Waals surface area (Å²) >= 11 is 0. The smallest absolute Gasteiger partial charge is 0.141 e. The summed E-state index contributed by atoms with van der Waals surface area (Å²) in [5.41, 5.74) is 0.847. The number of aromatic nitrogens is 1. The number of furan rings is 1. The third-order valence-electron chi connectivity index (χ3n) is 2.22. The monoisotopic (exact) mass is 220 g/mol. The normalized spacial score (nSPS) is 10.6. The predicted molar refractivity (Wildman–Crippen MR) is 58.3 cm³/mol. The molecular formula is C12H13FN2O. The predicted octanol–water partition coefficient (Wildman–Crippen LogP) is 2.15. The Labute approximate surface area is 93.3 Å². The summed E-state index contributed by atoms with van der Waals surface area (Å²) < 4.78 is 18.0. The SMILES string of the molecule is Fc1cncc(CNCCc2ccco2)c1. The highest BCUT2D eigenvalue weighted by Gasteiger charge is 1.97. The fourth-order valence-electron chi connectivity index (χ4n) is 1.45. The molecule has 4 heteroatoms. The van der Waals surface area contributed by atoms with Crippen LogP contribution in [-0.2, 0) is 13.0 Å². The van der Waals surface area contributed by atoms with Crippen molar-refractivity contribution in [2.24, 2.45) is 0 Å². The number of pyridine rings is 1. The van der Waals surface area contributed by atoms with E-state index in [0.717, 1.165) is 24.3 Å². The highest BCUT2D eigenvalue weighted by atomic mass is 19.1. The molecule has 2 aromatic rings. The van der Waals surface area contributed by atoms with Crippen molar-refractivity contribution in [1.29, 1.82) is 0 Å². The average molecular weight is 220 g/mol. The molecule has 0 fully saturated rings. The van der Waals surface area contributed by atoms with Crippen LogP contribution in [0.3, 0.4) is 0 Å². The first-order valence-corrected chi connectivity index (χ1v) is 5.17. The van der Waals surface area contributed by atoms with Gasteiger partial charge in [-0.1, -0.05) is 0 Å². The van der Waals surface area contributed by atoms with Gasteiger partial charge in [0.05, 0.1) is 12.5 Å². The fourth-order valence-corrected chi connectivity index (χ4v) is 1.45. The van der Waals surface area contributed by atoms with Crippen molar-refractivity contribution >= 4 is 0 Å². The summed E-state index contributed by atoms with van der Waals surface area (Å²) in [6.45, 7) is 1.41. The molecule has 0 aliphatic carbocycles. The average Bonchev–Trinajstić information content (AvgIpc) is 2.77. The second-order valence-corrected chi connectivity index (χ2v) is 3.52. The number of hydrogen-bond donors (Lipinski definition) is 1. The lowest BCUT2D eigenvalue weighted by Crippen LogP contribution is -2.16. The largest absolute Gasteiger partial charge is 0.469 e. The number of rotatable bonds is 5. The van der Waals surface area contributed by atoms with E-state index in [1.54, 1.807) is 12.5 Å². The lowest BCUT2D eigenvalue weighted by molar-refractivity contribution is 0.498. The van der Waals surface area contributed by atoms with Gasteiger partial charge in [-0.05, 0) is 23.8 Å². The van der Waals surface area contributed by atoms with Crippen LogP contribution in [0.2, 0.25) is 0 Å². The van der Waals surface area contributed by atoms with Crippen LogP contribution in [0, 0.1) is 5.82 Å². The molecule has 0 aliphatic rings. The summed E-state index contributed by atoms with van der Waals surface area (Å²) in [5.74, 6) is 0.648. The Bertz CT molecular complexity index is 428. The van der Waals surface area contributed by atoms with Crippen molar-refractivity contribution in [3.63, 3.8) is 0 Å². The molecule has 0 aromatic carbocycles.